The molecule has 2 aromatic rings. The van der Waals surface area contributed by atoms with Gasteiger partial charge in [0.1, 0.15) is 0 Å². The third kappa shape index (κ3) is 4.66. The Morgan fingerprint density at radius 2 is 0.792 bits per heavy atom. The number of benzene rings is 2. The molecule has 0 atom stereocenters. The molecule has 0 aliphatic rings. The molecule has 0 saturated carbocycles. The van der Waals surface area contributed by atoms with Gasteiger partial charge in [0.05, 0.1) is 0 Å². The van der Waals surface area contributed by atoms with Crippen LogP contribution in [0.2, 0.25) is 0 Å². The number of hydrogen-bond donors (Lipinski definition) is 0. The quantitative estimate of drug-likeness (QED) is 0.594. The van der Waals surface area contributed by atoms with E-state index in [0.717, 1.165) is 21.6 Å². The zero-order chi connectivity index (χ0) is 17.7. The smallest absolute Gasteiger partial charge is 0.230 e. The summed E-state index contributed by atoms with van der Waals surface area (Å²) in [4.78, 5) is 46.5. The number of carbonyl (C=O) groups is 4. The Bertz CT molecular complexity index is 723. The molecule has 2 aromatic carbocycles. The zero-order valence-corrected chi connectivity index (χ0v) is 14.7. The molecule has 0 amide bonds. The maximum Gasteiger partial charge on any atom is 0.230 e. The summed E-state index contributed by atoms with van der Waals surface area (Å²) in [6, 6.07) is 12.6. The minimum atomic E-state index is -0.260. The van der Waals surface area contributed by atoms with E-state index in [1.807, 2.05) is 0 Å². The summed E-state index contributed by atoms with van der Waals surface area (Å²) in [6.45, 7) is 2.91. The van der Waals surface area contributed by atoms with Gasteiger partial charge in [-0.1, -0.05) is 24.3 Å². The van der Waals surface area contributed by atoms with E-state index in [1.165, 1.54) is 13.8 Å². The predicted octanol–water partition coefficient (Wildman–Crippen LogP) is 4.45. The Balaban J connectivity index is 1.96. The van der Waals surface area contributed by atoms with Gasteiger partial charge in [-0.3, -0.25) is 19.2 Å². The molecule has 0 heterocycles. The lowest BCUT2D eigenvalue weighted by atomic mass is 10.1. The van der Waals surface area contributed by atoms with E-state index in [0.29, 0.717) is 22.3 Å². The summed E-state index contributed by atoms with van der Waals surface area (Å²) in [5.41, 5.74) is 1.92. The summed E-state index contributed by atoms with van der Waals surface area (Å²) in [7, 11) is 1.67. The van der Waals surface area contributed by atoms with Gasteiger partial charge in [0.15, 0.2) is 11.6 Å². The minimum absolute atomic E-state index is 0.0692. The molecule has 0 bridgehead atoms. The SMILES string of the molecule is CC(=O)c1ccc(C(=O)SSC(=O)c2ccc(C(C)=O)cc2)cc1. The predicted molar refractivity (Wildman–Crippen MR) is 96.7 cm³/mol. The molecule has 0 aliphatic carbocycles. The van der Waals surface area contributed by atoms with Gasteiger partial charge < -0.3 is 0 Å². The first-order chi connectivity index (χ1) is 11.4. The van der Waals surface area contributed by atoms with Crippen LogP contribution in [0.1, 0.15) is 55.3 Å². The second-order valence-electron chi connectivity index (χ2n) is 5.01. The maximum atomic E-state index is 12.1. The lowest BCUT2D eigenvalue weighted by molar-refractivity contribution is 0.100. The number of hydrogen-bond acceptors (Lipinski definition) is 6. The summed E-state index contributed by atoms with van der Waals surface area (Å²) in [5, 5.41) is -0.521. The molecule has 2 rings (SSSR count). The molecule has 0 saturated heterocycles. The van der Waals surface area contributed by atoms with Gasteiger partial charge in [-0.15, -0.1) is 0 Å². The Morgan fingerprint density at radius 3 is 1.04 bits per heavy atom. The molecule has 0 spiro atoms. The second-order valence-corrected chi connectivity index (χ2v) is 7.08. The second kappa shape index (κ2) is 8.08. The minimum Gasteiger partial charge on any atom is -0.295 e. The van der Waals surface area contributed by atoms with Crippen LogP contribution >= 0.6 is 21.6 Å². The maximum absolute atomic E-state index is 12.1. The Morgan fingerprint density at radius 1 is 0.542 bits per heavy atom. The van der Waals surface area contributed by atoms with Crippen LogP contribution in [0, 0.1) is 0 Å². The number of ketones is 2. The van der Waals surface area contributed by atoms with Crippen molar-refractivity contribution >= 4 is 43.4 Å². The van der Waals surface area contributed by atoms with Crippen LogP contribution in [0.15, 0.2) is 48.5 Å². The number of Topliss-reactive ketones (excluding diaryl/α,β-unsaturated/α-hetero) is 2. The van der Waals surface area contributed by atoms with Gasteiger partial charge >= 0.3 is 0 Å². The van der Waals surface area contributed by atoms with Crippen molar-refractivity contribution < 1.29 is 19.2 Å². The normalized spacial score (nSPS) is 10.2. The molecule has 0 aromatic heterocycles. The summed E-state index contributed by atoms with van der Waals surface area (Å²) >= 11 is 0. The molecule has 0 radical (unpaired) electrons. The molecule has 0 unspecified atom stereocenters. The van der Waals surface area contributed by atoms with Crippen LogP contribution in [0.4, 0.5) is 0 Å². The topological polar surface area (TPSA) is 68.3 Å². The summed E-state index contributed by atoms with van der Waals surface area (Å²) < 4.78 is 0. The lowest BCUT2D eigenvalue weighted by Gasteiger charge is -2.02. The van der Waals surface area contributed by atoms with Crippen LogP contribution in [-0.4, -0.2) is 21.8 Å². The van der Waals surface area contributed by atoms with E-state index in [9.17, 15) is 19.2 Å². The molecule has 24 heavy (non-hydrogen) atoms. The van der Waals surface area contributed by atoms with E-state index < -0.39 is 0 Å². The van der Waals surface area contributed by atoms with Crippen molar-refractivity contribution in [1.82, 2.24) is 0 Å². The van der Waals surface area contributed by atoms with Gasteiger partial charge in [0.25, 0.3) is 0 Å². The molecule has 0 N–H and O–H groups in total. The van der Waals surface area contributed by atoms with Crippen molar-refractivity contribution in [3.63, 3.8) is 0 Å². The highest BCUT2D eigenvalue weighted by Gasteiger charge is 2.13. The Hall–Kier alpha value is -2.18. The standard InChI is InChI=1S/C18H14O4S2/c1-11(19)13-3-7-15(8-4-13)17(21)23-24-18(22)16-9-5-14(6-10-16)12(2)20/h3-10H,1-2H3. The van der Waals surface area contributed by atoms with Crippen LogP contribution in [0.3, 0.4) is 0 Å². The summed E-state index contributed by atoms with van der Waals surface area (Å²) in [5.74, 6) is -0.138. The van der Waals surface area contributed by atoms with Gasteiger partial charge in [-0.25, -0.2) is 0 Å². The molecule has 6 heteroatoms. The number of rotatable bonds is 4. The third-order valence-corrected chi connectivity index (χ3v) is 5.26. The van der Waals surface area contributed by atoms with E-state index in [2.05, 4.69) is 0 Å². The van der Waals surface area contributed by atoms with Crippen LogP contribution in [0.5, 0.6) is 0 Å². The van der Waals surface area contributed by atoms with Crippen molar-refractivity contribution in [2.75, 3.05) is 0 Å². The van der Waals surface area contributed by atoms with Crippen molar-refractivity contribution in [3.8, 4) is 0 Å². The monoisotopic (exact) mass is 358 g/mol. The van der Waals surface area contributed by atoms with Gasteiger partial charge in [-0.05, 0) is 59.7 Å². The Labute approximate surface area is 147 Å². The average Bonchev–Trinajstić information content (AvgIpc) is 2.59. The van der Waals surface area contributed by atoms with Crippen LogP contribution in [0.25, 0.3) is 0 Å². The highest BCUT2D eigenvalue weighted by Crippen LogP contribution is 2.29. The molecular weight excluding hydrogens is 344 g/mol. The van der Waals surface area contributed by atoms with Crippen molar-refractivity contribution in [2.24, 2.45) is 0 Å². The first-order valence-electron chi connectivity index (χ1n) is 7.03. The fourth-order valence-electron chi connectivity index (χ4n) is 1.85. The molecule has 122 valence electrons. The summed E-state index contributed by atoms with van der Waals surface area (Å²) in [6.07, 6.45) is 0. The van der Waals surface area contributed by atoms with E-state index in [1.54, 1.807) is 48.5 Å². The molecular formula is C18H14O4S2. The van der Waals surface area contributed by atoms with E-state index >= 15 is 0 Å². The number of carbonyl (C=O) groups excluding carboxylic acids is 4. The molecule has 0 aliphatic heterocycles. The fourth-order valence-corrected chi connectivity index (χ4v) is 3.50. The zero-order valence-electron chi connectivity index (χ0n) is 13.1. The first-order valence-corrected chi connectivity index (χ1v) is 9.18. The largest absolute Gasteiger partial charge is 0.295 e. The van der Waals surface area contributed by atoms with Gasteiger partial charge in [-0.2, -0.15) is 0 Å². The van der Waals surface area contributed by atoms with Crippen LogP contribution < -0.4 is 0 Å². The van der Waals surface area contributed by atoms with Crippen molar-refractivity contribution in [3.05, 3.63) is 70.8 Å². The van der Waals surface area contributed by atoms with Crippen LogP contribution in [-0.2, 0) is 0 Å². The average molecular weight is 358 g/mol. The van der Waals surface area contributed by atoms with Gasteiger partial charge in [0, 0.05) is 22.3 Å². The Kier molecular flexibility index (Phi) is 6.11. The van der Waals surface area contributed by atoms with Gasteiger partial charge in [0.2, 0.25) is 10.2 Å². The van der Waals surface area contributed by atoms with Crippen molar-refractivity contribution in [1.29, 1.82) is 0 Å². The third-order valence-electron chi connectivity index (χ3n) is 3.25. The van der Waals surface area contributed by atoms with E-state index in [-0.39, 0.29) is 21.8 Å². The highest BCUT2D eigenvalue weighted by molar-refractivity contribution is 8.87. The van der Waals surface area contributed by atoms with E-state index in [4.69, 9.17) is 0 Å². The fraction of sp³-hybridized carbons (Fsp3) is 0.111. The first kappa shape index (κ1) is 18.2. The highest BCUT2D eigenvalue weighted by atomic mass is 33.1. The van der Waals surface area contributed by atoms with Crippen molar-refractivity contribution in [2.45, 2.75) is 13.8 Å². The molecule has 0 fully saturated rings. The lowest BCUT2D eigenvalue weighted by Crippen LogP contribution is -1.98. The molecule has 4 nitrogen and oxygen atoms in total.